The molecule has 0 N–H and O–H groups in total. The number of hydrogen-bond acceptors (Lipinski definition) is 2. The second-order valence-electron chi connectivity index (χ2n) is 3.32. The van der Waals surface area contributed by atoms with Gasteiger partial charge in [0.25, 0.3) is 0 Å². The number of likely N-dealkylation sites (N-methyl/N-ethyl adjacent to an activating group) is 1. The molecule has 0 saturated carbocycles. The van der Waals surface area contributed by atoms with Crippen LogP contribution in [0, 0.1) is 0 Å². The average molecular weight is 189 g/mol. The first-order valence-corrected chi connectivity index (χ1v) is 4.64. The third-order valence-electron chi connectivity index (χ3n) is 2.49. The van der Waals surface area contributed by atoms with E-state index in [4.69, 9.17) is 0 Å². The quantitative estimate of drug-likeness (QED) is 0.659. The van der Waals surface area contributed by atoms with Gasteiger partial charge in [-0.1, -0.05) is 0 Å². The molecule has 1 aromatic carbocycles. The molecule has 3 heteroatoms. The standard InChI is InChI=1S/C11H11NO2/c1-2-12-10-4-3-8(7-13)5-9(10)6-11(12)14/h3-5,7H,2,6H2,1H3. The molecular formula is C11H11NO2. The van der Waals surface area contributed by atoms with Crippen molar-refractivity contribution in [2.24, 2.45) is 0 Å². The van der Waals surface area contributed by atoms with Crippen LogP contribution >= 0.6 is 0 Å². The van der Waals surface area contributed by atoms with Crippen molar-refractivity contribution in [1.82, 2.24) is 0 Å². The predicted octanol–water partition coefficient (Wildman–Crippen LogP) is 1.41. The zero-order valence-corrected chi connectivity index (χ0v) is 7.99. The number of aldehydes is 1. The Morgan fingerprint density at radius 2 is 2.29 bits per heavy atom. The molecule has 0 saturated heterocycles. The lowest BCUT2D eigenvalue weighted by Crippen LogP contribution is -2.25. The van der Waals surface area contributed by atoms with Crippen LogP contribution in [0.1, 0.15) is 22.8 Å². The highest BCUT2D eigenvalue weighted by molar-refractivity contribution is 6.01. The van der Waals surface area contributed by atoms with E-state index in [-0.39, 0.29) is 5.91 Å². The van der Waals surface area contributed by atoms with Crippen LogP contribution in [0.5, 0.6) is 0 Å². The molecule has 0 radical (unpaired) electrons. The summed E-state index contributed by atoms with van der Waals surface area (Å²) >= 11 is 0. The van der Waals surface area contributed by atoms with Crippen molar-refractivity contribution in [1.29, 1.82) is 0 Å². The summed E-state index contributed by atoms with van der Waals surface area (Å²) in [4.78, 5) is 23.8. The van der Waals surface area contributed by atoms with Gasteiger partial charge < -0.3 is 4.90 Å². The SMILES string of the molecule is CCN1C(=O)Cc2cc(C=O)ccc21. The fourth-order valence-electron chi connectivity index (χ4n) is 1.82. The zero-order chi connectivity index (χ0) is 10.1. The predicted molar refractivity (Wildman–Crippen MR) is 53.6 cm³/mol. The minimum absolute atomic E-state index is 0.116. The molecule has 0 atom stereocenters. The molecule has 0 unspecified atom stereocenters. The smallest absolute Gasteiger partial charge is 0.231 e. The Morgan fingerprint density at radius 1 is 1.50 bits per heavy atom. The molecule has 72 valence electrons. The van der Waals surface area contributed by atoms with Gasteiger partial charge in [0.15, 0.2) is 0 Å². The topological polar surface area (TPSA) is 37.4 Å². The van der Waals surface area contributed by atoms with Gasteiger partial charge in [-0.15, -0.1) is 0 Å². The van der Waals surface area contributed by atoms with Crippen LogP contribution in [-0.4, -0.2) is 18.7 Å². The Labute approximate surface area is 82.3 Å². The molecule has 1 aliphatic heterocycles. The van der Waals surface area contributed by atoms with Gasteiger partial charge in [0.05, 0.1) is 6.42 Å². The van der Waals surface area contributed by atoms with E-state index in [0.717, 1.165) is 17.5 Å². The highest BCUT2D eigenvalue weighted by Crippen LogP contribution is 2.28. The first kappa shape index (κ1) is 8.94. The van der Waals surface area contributed by atoms with Crippen LogP contribution < -0.4 is 4.90 Å². The number of anilines is 1. The van der Waals surface area contributed by atoms with E-state index in [1.54, 1.807) is 17.0 Å². The molecule has 1 amide bonds. The normalized spacial score (nSPS) is 14.4. The van der Waals surface area contributed by atoms with Crippen molar-refractivity contribution >= 4 is 17.9 Å². The summed E-state index contributed by atoms with van der Waals surface area (Å²) < 4.78 is 0. The van der Waals surface area contributed by atoms with Crippen LogP contribution in [0.4, 0.5) is 5.69 Å². The van der Waals surface area contributed by atoms with E-state index in [1.807, 2.05) is 13.0 Å². The summed E-state index contributed by atoms with van der Waals surface area (Å²) in [7, 11) is 0. The third-order valence-corrected chi connectivity index (χ3v) is 2.49. The summed E-state index contributed by atoms with van der Waals surface area (Å²) in [6, 6.07) is 5.37. The fourth-order valence-corrected chi connectivity index (χ4v) is 1.82. The van der Waals surface area contributed by atoms with Crippen LogP contribution in [0.2, 0.25) is 0 Å². The maximum atomic E-state index is 11.5. The number of rotatable bonds is 2. The summed E-state index contributed by atoms with van der Waals surface area (Å²) in [5, 5.41) is 0. The van der Waals surface area contributed by atoms with E-state index < -0.39 is 0 Å². The second-order valence-corrected chi connectivity index (χ2v) is 3.32. The second kappa shape index (κ2) is 3.25. The summed E-state index contributed by atoms with van der Waals surface area (Å²) in [6.07, 6.45) is 1.23. The van der Waals surface area contributed by atoms with Crippen molar-refractivity contribution in [2.75, 3.05) is 11.4 Å². The van der Waals surface area contributed by atoms with Gasteiger partial charge in [-0.25, -0.2) is 0 Å². The molecule has 0 bridgehead atoms. The number of benzene rings is 1. The van der Waals surface area contributed by atoms with Crippen LogP contribution in [0.15, 0.2) is 18.2 Å². The zero-order valence-electron chi connectivity index (χ0n) is 7.99. The first-order valence-electron chi connectivity index (χ1n) is 4.64. The monoisotopic (exact) mass is 189 g/mol. The number of carbonyl (C=O) groups excluding carboxylic acids is 2. The maximum absolute atomic E-state index is 11.5. The Kier molecular flexibility index (Phi) is 2.08. The van der Waals surface area contributed by atoms with Crippen LogP contribution in [0.25, 0.3) is 0 Å². The largest absolute Gasteiger partial charge is 0.312 e. The van der Waals surface area contributed by atoms with Crippen molar-refractivity contribution in [2.45, 2.75) is 13.3 Å². The minimum Gasteiger partial charge on any atom is -0.312 e. The number of amides is 1. The molecule has 0 spiro atoms. The van der Waals surface area contributed by atoms with Crippen molar-refractivity contribution in [3.63, 3.8) is 0 Å². The molecule has 0 fully saturated rings. The van der Waals surface area contributed by atoms with E-state index >= 15 is 0 Å². The molecule has 3 nitrogen and oxygen atoms in total. The van der Waals surface area contributed by atoms with E-state index in [2.05, 4.69) is 0 Å². The Bertz CT molecular complexity index is 398. The minimum atomic E-state index is 0.116. The third kappa shape index (κ3) is 1.21. The van der Waals surface area contributed by atoms with Gasteiger partial charge in [0.1, 0.15) is 6.29 Å². The van der Waals surface area contributed by atoms with E-state index in [0.29, 0.717) is 18.5 Å². The first-order chi connectivity index (χ1) is 6.76. The van der Waals surface area contributed by atoms with Crippen LogP contribution in [0.3, 0.4) is 0 Å². The number of nitrogens with zero attached hydrogens (tertiary/aromatic N) is 1. The summed E-state index contributed by atoms with van der Waals surface area (Å²) in [5.74, 6) is 0.116. The lowest BCUT2D eigenvalue weighted by molar-refractivity contribution is -0.117. The highest BCUT2D eigenvalue weighted by Gasteiger charge is 2.25. The maximum Gasteiger partial charge on any atom is 0.231 e. The molecule has 2 rings (SSSR count). The average Bonchev–Trinajstić information content (AvgIpc) is 2.51. The summed E-state index contributed by atoms with van der Waals surface area (Å²) in [6.45, 7) is 2.63. The fraction of sp³-hybridized carbons (Fsp3) is 0.273. The van der Waals surface area contributed by atoms with Gasteiger partial charge in [-0.05, 0) is 30.7 Å². The Balaban J connectivity index is 2.47. The molecule has 0 aliphatic carbocycles. The molecular weight excluding hydrogens is 178 g/mol. The van der Waals surface area contributed by atoms with Crippen molar-refractivity contribution in [3.8, 4) is 0 Å². The molecule has 1 aliphatic rings. The number of carbonyl (C=O) groups is 2. The van der Waals surface area contributed by atoms with Crippen molar-refractivity contribution in [3.05, 3.63) is 29.3 Å². The van der Waals surface area contributed by atoms with E-state index in [9.17, 15) is 9.59 Å². The van der Waals surface area contributed by atoms with Gasteiger partial charge in [-0.3, -0.25) is 9.59 Å². The lowest BCUT2D eigenvalue weighted by Gasteiger charge is -2.14. The Morgan fingerprint density at radius 3 is 2.93 bits per heavy atom. The molecule has 0 aromatic heterocycles. The van der Waals surface area contributed by atoms with Crippen LogP contribution in [-0.2, 0) is 11.2 Å². The van der Waals surface area contributed by atoms with E-state index in [1.165, 1.54) is 0 Å². The van der Waals surface area contributed by atoms with Gasteiger partial charge >= 0.3 is 0 Å². The molecule has 1 heterocycles. The molecule has 14 heavy (non-hydrogen) atoms. The number of fused-ring (bicyclic) bond motifs is 1. The molecule has 1 aromatic rings. The van der Waals surface area contributed by atoms with Gasteiger partial charge in [0.2, 0.25) is 5.91 Å². The Hall–Kier alpha value is -1.64. The lowest BCUT2D eigenvalue weighted by atomic mass is 10.1. The van der Waals surface area contributed by atoms with Gasteiger partial charge in [0, 0.05) is 17.8 Å². The summed E-state index contributed by atoms with van der Waals surface area (Å²) in [5.41, 5.74) is 2.54. The van der Waals surface area contributed by atoms with Gasteiger partial charge in [-0.2, -0.15) is 0 Å². The van der Waals surface area contributed by atoms with Crippen molar-refractivity contribution < 1.29 is 9.59 Å². The highest BCUT2D eigenvalue weighted by atomic mass is 16.2. The number of hydrogen-bond donors (Lipinski definition) is 0.